The van der Waals surface area contributed by atoms with Crippen LogP contribution in [-0.4, -0.2) is 29.3 Å². The maximum absolute atomic E-state index is 13.8. The summed E-state index contributed by atoms with van der Waals surface area (Å²) in [6.07, 6.45) is 0.941. The van der Waals surface area contributed by atoms with Crippen LogP contribution in [0.4, 0.5) is 4.39 Å². The molecule has 0 saturated carbocycles. The highest BCUT2D eigenvalue weighted by molar-refractivity contribution is 9.10. The number of methoxy groups -OCH3 is 1. The molecule has 1 fully saturated rings. The van der Waals surface area contributed by atoms with Crippen LogP contribution in [-0.2, 0) is 0 Å². The number of nitrogens with one attached hydrogen (secondary N) is 1. The molecule has 0 amide bonds. The fraction of sp³-hybridized carbons (Fsp3) is 0.276. The zero-order chi connectivity index (χ0) is 25.4. The lowest BCUT2D eigenvalue weighted by atomic mass is 9.70. The summed E-state index contributed by atoms with van der Waals surface area (Å²) >= 11 is 9.98. The van der Waals surface area contributed by atoms with E-state index in [-0.39, 0.29) is 11.9 Å². The van der Waals surface area contributed by atoms with E-state index in [2.05, 4.69) is 27.3 Å². The molecule has 0 spiro atoms. The predicted molar refractivity (Wildman–Crippen MR) is 145 cm³/mol. The Morgan fingerprint density at radius 2 is 2.00 bits per heavy atom. The first-order chi connectivity index (χ1) is 17.3. The molecular formula is C29H27BrClFN2O2. The van der Waals surface area contributed by atoms with Crippen LogP contribution in [0.1, 0.15) is 47.1 Å². The second-order valence-electron chi connectivity index (χ2n) is 9.48. The van der Waals surface area contributed by atoms with E-state index < -0.39 is 11.5 Å². The summed E-state index contributed by atoms with van der Waals surface area (Å²) in [5.74, 6) is -0.249. The molecule has 1 aliphatic rings. The summed E-state index contributed by atoms with van der Waals surface area (Å²) < 4.78 is 20.5. The van der Waals surface area contributed by atoms with Crippen molar-refractivity contribution in [1.29, 1.82) is 0 Å². The van der Waals surface area contributed by atoms with Crippen molar-refractivity contribution in [3.05, 3.63) is 104 Å². The van der Waals surface area contributed by atoms with Crippen LogP contribution in [0.15, 0.2) is 71.2 Å². The van der Waals surface area contributed by atoms with E-state index in [4.69, 9.17) is 21.3 Å². The van der Waals surface area contributed by atoms with Gasteiger partial charge in [-0.05, 0) is 91.5 Å². The Labute approximate surface area is 223 Å². The molecule has 7 heteroatoms. The number of nitrogens with zero attached hydrogens (tertiary/aromatic N) is 1. The monoisotopic (exact) mass is 568 g/mol. The first kappa shape index (κ1) is 25.2. The number of aromatic nitrogens is 1. The number of benzene rings is 3. The first-order valence-electron chi connectivity index (χ1n) is 11.9. The van der Waals surface area contributed by atoms with Crippen molar-refractivity contribution in [1.82, 2.24) is 10.3 Å². The van der Waals surface area contributed by atoms with Gasteiger partial charge in [0.1, 0.15) is 5.82 Å². The van der Waals surface area contributed by atoms with Crippen molar-refractivity contribution in [3.63, 3.8) is 0 Å². The third-order valence-corrected chi connectivity index (χ3v) is 7.84. The summed E-state index contributed by atoms with van der Waals surface area (Å²) in [6, 6.07) is 20.2. The van der Waals surface area contributed by atoms with Gasteiger partial charge in [-0.25, -0.2) is 9.37 Å². The number of hydrogen-bond donors (Lipinski definition) is 2. The van der Waals surface area contributed by atoms with Crippen molar-refractivity contribution in [2.24, 2.45) is 0 Å². The summed E-state index contributed by atoms with van der Waals surface area (Å²) in [5, 5.41) is 17.5. The number of ether oxygens (including phenoxy) is 1. The molecule has 36 heavy (non-hydrogen) atoms. The zero-order valence-electron chi connectivity index (χ0n) is 20.1. The quantitative estimate of drug-likeness (QED) is 0.269. The number of aryl methyl sites for hydroxylation is 1. The van der Waals surface area contributed by atoms with Gasteiger partial charge in [0.15, 0.2) is 0 Å². The number of fused-ring (bicyclic) bond motifs is 1. The molecule has 5 rings (SSSR count). The molecule has 0 bridgehead atoms. The first-order valence-corrected chi connectivity index (χ1v) is 13.1. The molecule has 1 aliphatic heterocycles. The van der Waals surface area contributed by atoms with Gasteiger partial charge in [-0.1, -0.05) is 45.7 Å². The minimum atomic E-state index is -1.14. The van der Waals surface area contributed by atoms with Gasteiger partial charge in [-0.15, -0.1) is 0 Å². The van der Waals surface area contributed by atoms with Crippen LogP contribution in [0.5, 0.6) is 5.88 Å². The summed E-state index contributed by atoms with van der Waals surface area (Å²) in [5.41, 5.74) is 3.18. The van der Waals surface area contributed by atoms with E-state index >= 15 is 0 Å². The molecule has 4 aromatic rings. The van der Waals surface area contributed by atoms with Crippen molar-refractivity contribution in [3.8, 4) is 5.88 Å². The molecule has 1 saturated heterocycles. The number of piperidine rings is 1. The van der Waals surface area contributed by atoms with Gasteiger partial charge in [0.05, 0.1) is 18.2 Å². The van der Waals surface area contributed by atoms with E-state index in [1.807, 2.05) is 49.4 Å². The lowest BCUT2D eigenvalue weighted by Crippen LogP contribution is -2.48. The Morgan fingerprint density at radius 3 is 2.75 bits per heavy atom. The minimum Gasteiger partial charge on any atom is -0.481 e. The molecule has 2 heterocycles. The maximum atomic E-state index is 13.8. The lowest BCUT2D eigenvalue weighted by molar-refractivity contribution is -0.0197. The fourth-order valence-electron chi connectivity index (χ4n) is 5.48. The van der Waals surface area contributed by atoms with Gasteiger partial charge >= 0.3 is 0 Å². The van der Waals surface area contributed by atoms with Crippen LogP contribution in [0.3, 0.4) is 0 Å². The highest BCUT2D eigenvalue weighted by Gasteiger charge is 2.44. The molecule has 2 N–H and O–H groups in total. The van der Waals surface area contributed by atoms with Crippen LogP contribution in [0.25, 0.3) is 10.9 Å². The molecule has 1 aromatic heterocycles. The smallest absolute Gasteiger partial charge is 0.217 e. The van der Waals surface area contributed by atoms with E-state index in [1.54, 1.807) is 13.2 Å². The topological polar surface area (TPSA) is 54.4 Å². The van der Waals surface area contributed by atoms with Crippen LogP contribution in [0.2, 0.25) is 5.02 Å². The lowest BCUT2D eigenvalue weighted by Gasteiger charge is -2.44. The van der Waals surface area contributed by atoms with Crippen molar-refractivity contribution in [2.45, 2.75) is 37.3 Å². The minimum absolute atomic E-state index is 0.139. The second kappa shape index (κ2) is 10.1. The Bertz CT molecular complexity index is 1430. The highest BCUT2D eigenvalue weighted by Crippen LogP contribution is 2.47. The standard InChI is InChI=1S/C29H27BrClFN2O2/c1-17-12-22(32)7-8-23(17)26-16-29(35,10-11-33-26)27(18-4-3-5-21(31)14-18)24-15-19-13-20(30)6-9-25(19)34-28(24)36-2/h3-9,12-15,26-27,33,35H,10-11,16H2,1-2H3. The number of halogens is 3. The Hall–Kier alpha value is -2.51. The van der Waals surface area contributed by atoms with E-state index in [0.717, 1.165) is 37.6 Å². The van der Waals surface area contributed by atoms with Gasteiger partial charge < -0.3 is 15.2 Å². The normalized spacial score (nSPS) is 20.9. The van der Waals surface area contributed by atoms with Gasteiger partial charge in [0.25, 0.3) is 0 Å². The highest BCUT2D eigenvalue weighted by atomic mass is 79.9. The molecule has 0 radical (unpaired) electrons. The van der Waals surface area contributed by atoms with Crippen molar-refractivity contribution >= 4 is 38.4 Å². The zero-order valence-corrected chi connectivity index (χ0v) is 22.4. The average molecular weight is 570 g/mol. The van der Waals surface area contributed by atoms with Crippen molar-refractivity contribution < 1.29 is 14.2 Å². The molecular weight excluding hydrogens is 543 g/mol. The third-order valence-electron chi connectivity index (χ3n) is 7.11. The Kier molecular flexibility index (Phi) is 7.05. The average Bonchev–Trinajstić information content (AvgIpc) is 2.83. The van der Waals surface area contributed by atoms with Gasteiger partial charge in [-0.3, -0.25) is 0 Å². The predicted octanol–water partition coefficient (Wildman–Crippen LogP) is 7.09. The molecule has 4 nitrogen and oxygen atoms in total. The second-order valence-corrected chi connectivity index (χ2v) is 10.8. The molecule has 3 atom stereocenters. The number of hydrogen-bond acceptors (Lipinski definition) is 4. The van der Waals surface area contributed by atoms with E-state index in [1.165, 1.54) is 12.1 Å². The number of aliphatic hydroxyl groups is 1. The van der Waals surface area contributed by atoms with Crippen LogP contribution >= 0.6 is 27.5 Å². The van der Waals surface area contributed by atoms with Crippen LogP contribution < -0.4 is 10.1 Å². The number of pyridine rings is 1. The third kappa shape index (κ3) is 4.88. The largest absolute Gasteiger partial charge is 0.481 e. The molecule has 3 aromatic carbocycles. The van der Waals surface area contributed by atoms with Gasteiger partial charge in [0, 0.05) is 32.4 Å². The summed E-state index contributed by atoms with van der Waals surface area (Å²) in [7, 11) is 1.60. The van der Waals surface area contributed by atoms with E-state index in [0.29, 0.717) is 30.3 Å². The van der Waals surface area contributed by atoms with E-state index in [9.17, 15) is 9.50 Å². The number of rotatable bonds is 5. The maximum Gasteiger partial charge on any atom is 0.217 e. The molecule has 0 aliphatic carbocycles. The SMILES string of the molecule is COc1nc2ccc(Br)cc2cc1C(c1cccc(Cl)c1)C1(O)CCNC(c2ccc(F)cc2C)C1. The molecule has 3 unspecified atom stereocenters. The van der Waals surface area contributed by atoms with Gasteiger partial charge in [0.2, 0.25) is 5.88 Å². The van der Waals surface area contributed by atoms with Crippen LogP contribution in [0, 0.1) is 12.7 Å². The molecule has 186 valence electrons. The Balaban J connectivity index is 1.67. The van der Waals surface area contributed by atoms with Gasteiger partial charge in [-0.2, -0.15) is 0 Å². The Morgan fingerprint density at radius 1 is 1.17 bits per heavy atom. The summed E-state index contributed by atoms with van der Waals surface area (Å²) in [4.78, 5) is 4.79. The fourth-order valence-corrected chi connectivity index (χ4v) is 6.06. The van der Waals surface area contributed by atoms with Crippen molar-refractivity contribution in [2.75, 3.05) is 13.7 Å². The summed E-state index contributed by atoms with van der Waals surface area (Å²) in [6.45, 7) is 2.50.